The number of benzene rings is 1. The molecule has 1 amide bonds. The van der Waals surface area contributed by atoms with Gasteiger partial charge in [0.05, 0.1) is 28.6 Å². The average molecular weight is 468 g/mol. The Labute approximate surface area is 172 Å². The third-order valence-electron chi connectivity index (χ3n) is 4.57. The lowest BCUT2D eigenvalue weighted by Crippen LogP contribution is -2.20. The molecule has 0 aliphatic heterocycles. The van der Waals surface area contributed by atoms with Crippen LogP contribution < -0.4 is 5.32 Å². The SMILES string of the molecule is O=C(Cn1nc(C(F)F)c(Br)c1C1CC1)Nc1cnn(Cc2cccc(F)c2)c1. The van der Waals surface area contributed by atoms with Gasteiger partial charge in [0.1, 0.15) is 18.1 Å². The fourth-order valence-corrected chi connectivity index (χ4v) is 3.93. The maximum atomic E-state index is 13.3. The Morgan fingerprint density at radius 2 is 2.14 bits per heavy atom. The van der Waals surface area contributed by atoms with Gasteiger partial charge in [-0.05, 0) is 46.5 Å². The second-order valence-corrected chi connectivity index (χ2v) is 7.71. The van der Waals surface area contributed by atoms with Crippen molar-refractivity contribution in [1.29, 1.82) is 0 Å². The lowest BCUT2D eigenvalue weighted by Gasteiger charge is -2.07. The zero-order valence-corrected chi connectivity index (χ0v) is 16.7. The summed E-state index contributed by atoms with van der Waals surface area (Å²) in [5.41, 5.74) is 1.49. The van der Waals surface area contributed by atoms with Gasteiger partial charge < -0.3 is 5.32 Å². The van der Waals surface area contributed by atoms with Crippen molar-refractivity contribution in [3.05, 3.63) is 63.9 Å². The van der Waals surface area contributed by atoms with Crippen molar-refractivity contribution in [2.75, 3.05) is 5.32 Å². The highest BCUT2D eigenvalue weighted by atomic mass is 79.9. The number of carbonyl (C=O) groups excluding carboxylic acids is 1. The number of alkyl halides is 2. The predicted octanol–water partition coefficient (Wildman–Crippen LogP) is 4.48. The molecule has 10 heteroatoms. The summed E-state index contributed by atoms with van der Waals surface area (Å²) >= 11 is 3.20. The number of anilines is 1. The molecule has 0 spiro atoms. The van der Waals surface area contributed by atoms with E-state index in [4.69, 9.17) is 0 Å². The van der Waals surface area contributed by atoms with Crippen LogP contribution in [0.4, 0.5) is 18.9 Å². The van der Waals surface area contributed by atoms with E-state index in [1.54, 1.807) is 23.0 Å². The summed E-state index contributed by atoms with van der Waals surface area (Å²) in [7, 11) is 0. The first-order valence-electron chi connectivity index (χ1n) is 9.01. The molecule has 0 radical (unpaired) electrons. The van der Waals surface area contributed by atoms with E-state index in [9.17, 15) is 18.0 Å². The van der Waals surface area contributed by atoms with Crippen molar-refractivity contribution < 1.29 is 18.0 Å². The van der Waals surface area contributed by atoms with E-state index in [0.29, 0.717) is 17.9 Å². The number of nitrogens with zero attached hydrogens (tertiary/aromatic N) is 4. The molecule has 6 nitrogen and oxygen atoms in total. The molecule has 0 unspecified atom stereocenters. The van der Waals surface area contributed by atoms with Gasteiger partial charge >= 0.3 is 0 Å². The molecule has 0 saturated heterocycles. The van der Waals surface area contributed by atoms with E-state index in [1.807, 2.05) is 0 Å². The molecule has 0 bridgehead atoms. The summed E-state index contributed by atoms with van der Waals surface area (Å²) in [6.07, 6.45) is 2.16. The maximum absolute atomic E-state index is 13.3. The largest absolute Gasteiger partial charge is 0.322 e. The first-order valence-corrected chi connectivity index (χ1v) is 9.81. The van der Waals surface area contributed by atoms with Crippen LogP contribution in [0.3, 0.4) is 0 Å². The molecule has 3 aromatic rings. The number of hydrogen-bond donors (Lipinski definition) is 1. The van der Waals surface area contributed by atoms with Crippen molar-refractivity contribution in [2.24, 2.45) is 0 Å². The zero-order valence-electron chi connectivity index (χ0n) is 15.2. The van der Waals surface area contributed by atoms with Crippen LogP contribution in [0.2, 0.25) is 0 Å². The van der Waals surface area contributed by atoms with Gasteiger partial charge in [-0.1, -0.05) is 12.1 Å². The number of hydrogen-bond acceptors (Lipinski definition) is 3. The molecule has 1 N–H and O–H groups in total. The first-order chi connectivity index (χ1) is 13.9. The van der Waals surface area contributed by atoms with Crippen LogP contribution in [-0.2, 0) is 17.9 Å². The molecule has 2 heterocycles. The maximum Gasteiger partial charge on any atom is 0.283 e. The number of amides is 1. The normalized spacial score (nSPS) is 13.8. The molecular formula is C19H17BrF3N5O. The molecule has 1 aliphatic carbocycles. The average Bonchev–Trinajstić information content (AvgIpc) is 3.31. The monoisotopic (exact) mass is 467 g/mol. The van der Waals surface area contributed by atoms with Crippen molar-refractivity contribution in [3.63, 3.8) is 0 Å². The number of aromatic nitrogens is 4. The van der Waals surface area contributed by atoms with Crippen molar-refractivity contribution in [1.82, 2.24) is 19.6 Å². The number of rotatable bonds is 7. The molecule has 1 aromatic carbocycles. The highest BCUT2D eigenvalue weighted by molar-refractivity contribution is 9.10. The summed E-state index contributed by atoms with van der Waals surface area (Å²) in [6, 6.07) is 6.17. The molecule has 1 fully saturated rings. The minimum atomic E-state index is -2.72. The third-order valence-corrected chi connectivity index (χ3v) is 5.38. The molecule has 2 aromatic heterocycles. The van der Waals surface area contributed by atoms with Gasteiger partial charge in [-0.25, -0.2) is 13.2 Å². The Kier molecular flexibility index (Phi) is 5.44. The van der Waals surface area contributed by atoms with E-state index in [1.165, 1.54) is 23.0 Å². The number of halogens is 4. The van der Waals surface area contributed by atoms with Gasteiger partial charge in [-0.15, -0.1) is 0 Å². The lowest BCUT2D eigenvalue weighted by atomic mass is 10.2. The summed E-state index contributed by atoms with van der Waals surface area (Å²) in [5, 5.41) is 10.8. The molecular weight excluding hydrogens is 451 g/mol. The summed E-state index contributed by atoms with van der Waals surface area (Å²) in [6.45, 7) is 0.176. The molecule has 1 aliphatic rings. The van der Waals surface area contributed by atoms with E-state index < -0.39 is 12.3 Å². The van der Waals surface area contributed by atoms with Gasteiger partial charge in [0.15, 0.2) is 0 Å². The minimum Gasteiger partial charge on any atom is -0.322 e. The molecule has 0 atom stereocenters. The Morgan fingerprint density at radius 3 is 2.83 bits per heavy atom. The molecule has 4 rings (SSSR count). The van der Waals surface area contributed by atoms with Crippen LogP contribution in [0.15, 0.2) is 41.1 Å². The Morgan fingerprint density at radius 1 is 1.34 bits per heavy atom. The van der Waals surface area contributed by atoms with E-state index in [0.717, 1.165) is 18.4 Å². The van der Waals surface area contributed by atoms with Gasteiger partial charge in [-0.2, -0.15) is 10.2 Å². The van der Waals surface area contributed by atoms with Gasteiger partial charge in [0.25, 0.3) is 6.43 Å². The fourth-order valence-electron chi connectivity index (χ4n) is 3.15. The minimum absolute atomic E-state index is 0.145. The van der Waals surface area contributed by atoms with Crippen molar-refractivity contribution in [3.8, 4) is 0 Å². The standard InChI is InChI=1S/C19H17BrF3N5O/c20-16-17(19(22)23)26-28(18(16)12-4-5-12)10-15(29)25-14-7-24-27(9-14)8-11-2-1-3-13(21)6-11/h1-3,6-7,9,12,19H,4-5,8,10H2,(H,25,29). The molecule has 1 saturated carbocycles. The van der Waals surface area contributed by atoms with E-state index in [-0.39, 0.29) is 28.4 Å². The smallest absolute Gasteiger partial charge is 0.283 e. The van der Waals surface area contributed by atoms with Crippen LogP contribution in [0.1, 0.15) is 42.1 Å². The van der Waals surface area contributed by atoms with Crippen molar-refractivity contribution in [2.45, 2.75) is 38.3 Å². The molecule has 152 valence electrons. The predicted molar refractivity (Wildman–Crippen MR) is 103 cm³/mol. The highest BCUT2D eigenvalue weighted by Gasteiger charge is 2.34. The fraction of sp³-hybridized carbons (Fsp3) is 0.316. The first kappa shape index (κ1) is 19.7. The number of carbonyl (C=O) groups is 1. The van der Waals surface area contributed by atoms with Crippen LogP contribution in [0.5, 0.6) is 0 Å². The molecule has 29 heavy (non-hydrogen) atoms. The number of nitrogens with one attached hydrogen (secondary N) is 1. The summed E-state index contributed by atoms with van der Waals surface area (Å²) in [4.78, 5) is 12.4. The zero-order chi connectivity index (χ0) is 20.5. The Hall–Kier alpha value is -2.62. The van der Waals surface area contributed by atoms with Gasteiger partial charge in [0, 0.05) is 12.1 Å². The quantitative estimate of drug-likeness (QED) is 0.556. The Balaban J connectivity index is 1.43. The third kappa shape index (κ3) is 4.52. The van der Waals surface area contributed by atoms with Gasteiger partial charge in [0.2, 0.25) is 5.91 Å². The second kappa shape index (κ2) is 8.02. The van der Waals surface area contributed by atoms with Crippen molar-refractivity contribution >= 4 is 27.5 Å². The van der Waals surface area contributed by atoms with Crippen LogP contribution in [0, 0.1) is 5.82 Å². The topological polar surface area (TPSA) is 64.7 Å². The van der Waals surface area contributed by atoms with Crippen LogP contribution in [0.25, 0.3) is 0 Å². The lowest BCUT2D eigenvalue weighted by molar-refractivity contribution is -0.117. The van der Waals surface area contributed by atoms with Crippen LogP contribution >= 0.6 is 15.9 Å². The Bertz CT molecular complexity index is 1040. The van der Waals surface area contributed by atoms with E-state index in [2.05, 4.69) is 31.4 Å². The van der Waals surface area contributed by atoms with Gasteiger partial charge in [-0.3, -0.25) is 14.2 Å². The van der Waals surface area contributed by atoms with Crippen LogP contribution in [-0.4, -0.2) is 25.5 Å². The summed E-state index contributed by atoms with van der Waals surface area (Å²) < 4.78 is 42.8. The second-order valence-electron chi connectivity index (χ2n) is 6.92. The van der Waals surface area contributed by atoms with E-state index >= 15 is 0 Å². The summed E-state index contributed by atoms with van der Waals surface area (Å²) in [5.74, 6) is -0.581. The highest BCUT2D eigenvalue weighted by Crippen LogP contribution is 2.45.